The molecule has 12 heavy (non-hydrogen) atoms. The zero-order chi connectivity index (χ0) is 8.97. The van der Waals surface area contributed by atoms with E-state index in [2.05, 4.69) is 23.5 Å². The average Bonchev–Trinajstić information content (AvgIpc) is 2.47. The Morgan fingerprint density at radius 2 is 2.42 bits per heavy atom. The summed E-state index contributed by atoms with van der Waals surface area (Å²) in [5.41, 5.74) is 5.36. The first-order valence-electron chi connectivity index (χ1n) is 4.32. The summed E-state index contributed by atoms with van der Waals surface area (Å²) in [6.07, 6.45) is 4.24. The van der Waals surface area contributed by atoms with Crippen molar-refractivity contribution in [2.24, 2.45) is 5.10 Å². The molecule has 0 aromatic carbocycles. The number of hydrogen-bond donors (Lipinski definition) is 2. The van der Waals surface area contributed by atoms with E-state index in [1.807, 2.05) is 6.92 Å². The van der Waals surface area contributed by atoms with E-state index in [0.717, 1.165) is 18.6 Å². The molecule has 1 atom stereocenters. The standard InChI is InChI=1S/C9H16N2O/c1-7-3-4-9(5-7)11-10-8(2)6-12/h5,8,10,12H,3-4,6H2,1-2H3/b11-9+. The maximum absolute atomic E-state index is 8.71. The van der Waals surface area contributed by atoms with E-state index in [-0.39, 0.29) is 12.6 Å². The van der Waals surface area contributed by atoms with E-state index in [4.69, 9.17) is 5.11 Å². The Bertz CT molecular complexity index is 209. The lowest BCUT2D eigenvalue weighted by atomic mass is 10.3. The predicted octanol–water partition coefficient (Wildman–Crippen LogP) is 1.05. The fourth-order valence-corrected chi connectivity index (χ4v) is 1.08. The highest BCUT2D eigenvalue weighted by Crippen LogP contribution is 2.14. The molecule has 0 heterocycles. The third-order valence-electron chi connectivity index (χ3n) is 1.89. The van der Waals surface area contributed by atoms with Crippen LogP contribution in [-0.2, 0) is 0 Å². The van der Waals surface area contributed by atoms with Crippen molar-refractivity contribution in [1.82, 2.24) is 5.43 Å². The van der Waals surface area contributed by atoms with E-state index in [0.29, 0.717) is 0 Å². The number of hydrogen-bond acceptors (Lipinski definition) is 3. The number of nitrogens with one attached hydrogen (secondary N) is 1. The molecule has 0 aromatic rings. The highest BCUT2D eigenvalue weighted by molar-refractivity contribution is 5.97. The fourth-order valence-electron chi connectivity index (χ4n) is 1.08. The Morgan fingerprint density at radius 1 is 1.67 bits per heavy atom. The van der Waals surface area contributed by atoms with Gasteiger partial charge < -0.3 is 10.5 Å². The number of aliphatic hydroxyl groups excluding tert-OH is 1. The molecule has 3 nitrogen and oxygen atoms in total. The molecule has 0 fully saturated rings. The molecule has 0 radical (unpaired) electrons. The summed E-state index contributed by atoms with van der Waals surface area (Å²) in [6, 6.07) is 0.0480. The van der Waals surface area contributed by atoms with E-state index in [1.165, 1.54) is 5.57 Å². The van der Waals surface area contributed by atoms with Crippen molar-refractivity contribution in [2.75, 3.05) is 6.61 Å². The zero-order valence-corrected chi connectivity index (χ0v) is 7.67. The predicted molar refractivity (Wildman–Crippen MR) is 50.1 cm³/mol. The van der Waals surface area contributed by atoms with Gasteiger partial charge in [-0.15, -0.1) is 0 Å². The van der Waals surface area contributed by atoms with Gasteiger partial charge in [-0.2, -0.15) is 5.10 Å². The van der Waals surface area contributed by atoms with Gasteiger partial charge in [0, 0.05) is 0 Å². The monoisotopic (exact) mass is 168 g/mol. The molecule has 0 saturated carbocycles. The van der Waals surface area contributed by atoms with Gasteiger partial charge in [-0.05, 0) is 32.8 Å². The molecule has 1 rings (SSSR count). The van der Waals surface area contributed by atoms with Crippen LogP contribution < -0.4 is 5.43 Å². The van der Waals surface area contributed by atoms with Crippen LogP contribution in [0.15, 0.2) is 16.8 Å². The molecule has 0 spiro atoms. The first-order valence-corrected chi connectivity index (χ1v) is 4.32. The second-order valence-corrected chi connectivity index (χ2v) is 3.31. The number of rotatable bonds is 3. The first-order chi connectivity index (χ1) is 5.72. The van der Waals surface area contributed by atoms with Gasteiger partial charge in [-0.1, -0.05) is 5.57 Å². The molecule has 0 bridgehead atoms. The summed E-state index contributed by atoms with van der Waals surface area (Å²) in [5, 5.41) is 12.9. The van der Waals surface area contributed by atoms with Crippen LogP contribution in [0.2, 0.25) is 0 Å². The smallest absolute Gasteiger partial charge is 0.0646 e. The Hall–Kier alpha value is -0.830. The van der Waals surface area contributed by atoms with Crippen LogP contribution >= 0.6 is 0 Å². The van der Waals surface area contributed by atoms with E-state index >= 15 is 0 Å². The maximum atomic E-state index is 8.71. The van der Waals surface area contributed by atoms with Gasteiger partial charge in [0.25, 0.3) is 0 Å². The molecule has 1 aliphatic carbocycles. The van der Waals surface area contributed by atoms with Crippen LogP contribution in [-0.4, -0.2) is 23.5 Å². The molecule has 0 aromatic heterocycles. The van der Waals surface area contributed by atoms with Crippen LogP contribution in [0.3, 0.4) is 0 Å². The molecule has 0 amide bonds. The van der Waals surface area contributed by atoms with Crippen molar-refractivity contribution in [2.45, 2.75) is 32.7 Å². The Balaban J connectivity index is 2.38. The second kappa shape index (κ2) is 4.26. The SMILES string of the molecule is CC1=C/C(=N/NC(C)CO)CC1. The van der Waals surface area contributed by atoms with Crippen LogP contribution in [0.5, 0.6) is 0 Å². The van der Waals surface area contributed by atoms with Crippen molar-refractivity contribution >= 4 is 5.71 Å². The summed E-state index contributed by atoms with van der Waals surface area (Å²) in [4.78, 5) is 0. The molecule has 0 aliphatic heterocycles. The van der Waals surface area contributed by atoms with Crippen molar-refractivity contribution in [1.29, 1.82) is 0 Å². The fraction of sp³-hybridized carbons (Fsp3) is 0.667. The number of nitrogens with zero attached hydrogens (tertiary/aromatic N) is 1. The first kappa shape index (κ1) is 9.26. The Morgan fingerprint density at radius 3 is 2.92 bits per heavy atom. The highest BCUT2D eigenvalue weighted by Gasteiger charge is 2.06. The number of hydrazone groups is 1. The van der Waals surface area contributed by atoms with Gasteiger partial charge in [0.2, 0.25) is 0 Å². The normalized spacial score (nSPS) is 22.6. The minimum Gasteiger partial charge on any atom is -0.394 e. The van der Waals surface area contributed by atoms with Gasteiger partial charge in [0.1, 0.15) is 0 Å². The minimum absolute atomic E-state index is 0.0480. The summed E-state index contributed by atoms with van der Waals surface area (Å²) in [6.45, 7) is 4.13. The molecule has 1 unspecified atom stereocenters. The van der Waals surface area contributed by atoms with E-state index in [1.54, 1.807) is 0 Å². The van der Waals surface area contributed by atoms with Gasteiger partial charge in [0.15, 0.2) is 0 Å². The molecule has 1 aliphatic rings. The lowest BCUT2D eigenvalue weighted by Crippen LogP contribution is -2.25. The molecule has 68 valence electrons. The summed E-state index contributed by atoms with van der Waals surface area (Å²) >= 11 is 0. The summed E-state index contributed by atoms with van der Waals surface area (Å²) in [5.74, 6) is 0. The largest absolute Gasteiger partial charge is 0.394 e. The summed E-state index contributed by atoms with van der Waals surface area (Å²) < 4.78 is 0. The molecule has 3 heteroatoms. The van der Waals surface area contributed by atoms with E-state index in [9.17, 15) is 0 Å². The second-order valence-electron chi connectivity index (χ2n) is 3.31. The maximum Gasteiger partial charge on any atom is 0.0646 e. The average molecular weight is 168 g/mol. The topological polar surface area (TPSA) is 44.6 Å². The number of allylic oxidation sites excluding steroid dienone is 2. The molecular weight excluding hydrogens is 152 g/mol. The lowest BCUT2D eigenvalue weighted by molar-refractivity contribution is 0.253. The molecule has 0 saturated heterocycles. The quantitative estimate of drug-likeness (QED) is 0.619. The van der Waals surface area contributed by atoms with Crippen molar-refractivity contribution < 1.29 is 5.11 Å². The van der Waals surface area contributed by atoms with Crippen molar-refractivity contribution in [3.05, 3.63) is 11.6 Å². The van der Waals surface area contributed by atoms with Crippen molar-refractivity contribution in [3.63, 3.8) is 0 Å². The Kier molecular flexibility index (Phi) is 3.29. The van der Waals surface area contributed by atoms with Gasteiger partial charge in [-0.25, -0.2) is 0 Å². The van der Waals surface area contributed by atoms with Crippen LogP contribution in [0, 0.1) is 0 Å². The lowest BCUT2D eigenvalue weighted by Gasteiger charge is -2.06. The molecular formula is C9H16N2O. The van der Waals surface area contributed by atoms with Gasteiger partial charge in [0.05, 0.1) is 18.4 Å². The minimum atomic E-state index is 0.0480. The van der Waals surface area contributed by atoms with E-state index < -0.39 is 0 Å². The van der Waals surface area contributed by atoms with Crippen LogP contribution in [0.25, 0.3) is 0 Å². The third kappa shape index (κ3) is 2.66. The van der Waals surface area contributed by atoms with Gasteiger partial charge in [-0.3, -0.25) is 0 Å². The van der Waals surface area contributed by atoms with Crippen molar-refractivity contribution in [3.8, 4) is 0 Å². The zero-order valence-electron chi connectivity index (χ0n) is 7.67. The summed E-state index contributed by atoms with van der Waals surface area (Å²) in [7, 11) is 0. The number of aliphatic hydroxyl groups is 1. The van der Waals surface area contributed by atoms with Gasteiger partial charge >= 0.3 is 0 Å². The van der Waals surface area contributed by atoms with Crippen LogP contribution in [0.4, 0.5) is 0 Å². The van der Waals surface area contributed by atoms with Crippen LogP contribution in [0.1, 0.15) is 26.7 Å². The Labute approximate surface area is 73.2 Å². The third-order valence-corrected chi connectivity index (χ3v) is 1.89. The molecule has 2 N–H and O–H groups in total. The highest BCUT2D eigenvalue weighted by atomic mass is 16.3.